The molecule has 2 aromatic rings. The van der Waals surface area contributed by atoms with Crippen molar-refractivity contribution in [3.05, 3.63) is 46.7 Å². The molecule has 3 N–H and O–H groups in total. The lowest BCUT2D eigenvalue weighted by Crippen LogP contribution is -2.42. The second-order valence-electron chi connectivity index (χ2n) is 7.60. The summed E-state index contributed by atoms with van der Waals surface area (Å²) < 4.78 is 106. The first kappa shape index (κ1) is 24.8. The molecule has 1 amide bonds. The van der Waals surface area contributed by atoms with Gasteiger partial charge in [0, 0.05) is 31.6 Å². The fourth-order valence-corrected chi connectivity index (χ4v) is 4.00. The van der Waals surface area contributed by atoms with Crippen LogP contribution in [0.1, 0.15) is 23.5 Å². The van der Waals surface area contributed by atoms with E-state index in [1.54, 1.807) is 0 Å². The summed E-state index contributed by atoms with van der Waals surface area (Å²) in [5.74, 6) is -6.13. The van der Waals surface area contributed by atoms with E-state index in [9.17, 15) is 39.6 Å². The van der Waals surface area contributed by atoms with Crippen molar-refractivity contribution in [2.24, 2.45) is 5.73 Å². The highest BCUT2D eigenvalue weighted by Crippen LogP contribution is 2.34. The molecule has 0 spiro atoms. The van der Waals surface area contributed by atoms with Crippen molar-refractivity contribution >= 4 is 21.7 Å². The van der Waals surface area contributed by atoms with Crippen LogP contribution in [-0.2, 0) is 40.5 Å². The van der Waals surface area contributed by atoms with Gasteiger partial charge in [-0.05, 0) is 18.1 Å². The number of imidazole rings is 1. The smallest absolute Gasteiger partial charge is 0.335 e. The van der Waals surface area contributed by atoms with Crippen molar-refractivity contribution in [1.82, 2.24) is 14.5 Å². The largest absolute Gasteiger partial charge is 0.449 e. The molecule has 2 heterocycles. The molecule has 15 heteroatoms. The summed E-state index contributed by atoms with van der Waals surface area (Å²) in [5, 5.41) is 0. The zero-order chi connectivity index (χ0) is 24.7. The van der Waals surface area contributed by atoms with Gasteiger partial charge < -0.3 is 15.2 Å². The van der Waals surface area contributed by atoms with E-state index < -0.39 is 57.2 Å². The number of nitrogens with two attached hydrogens (primary N) is 1. The van der Waals surface area contributed by atoms with Gasteiger partial charge in [-0.25, -0.2) is 26.6 Å². The summed E-state index contributed by atoms with van der Waals surface area (Å²) in [7, 11) is -3.95. The van der Waals surface area contributed by atoms with Gasteiger partial charge in [0.05, 0.1) is 18.5 Å². The van der Waals surface area contributed by atoms with Gasteiger partial charge in [0.25, 0.3) is 0 Å². The van der Waals surface area contributed by atoms with Gasteiger partial charge in [0.2, 0.25) is 21.8 Å². The zero-order valence-corrected chi connectivity index (χ0v) is 17.9. The Balaban J connectivity index is 1.76. The Kier molecular flexibility index (Phi) is 6.66. The first-order valence-electron chi connectivity index (χ1n) is 9.47. The predicted molar refractivity (Wildman–Crippen MR) is 104 cm³/mol. The highest BCUT2D eigenvalue weighted by atomic mass is 32.2. The van der Waals surface area contributed by atoms with Crippen molar-refractivity contribution in [3.63, 3.8) is 0 Å². The van der Waals surface area contributed by atoms with Crippen molar-refractivity contribution in [1.29, 1.82) is 0 Å². The van der Waals surface area contributed by atoms with E-state index in [2.05, 4.69) is 4.98 Å². The van der Waals surface area contributed by atoms with Crippen LogP contribution in [0.4, 0.5) is 32.2 Å². The molecular formula is C18H19F6N5O3S. The van der Waals surface area contributed by atoms with E-state index in [-0.39, 0.29) is 43.7 Å². The third-order valence-corrected chi connectivity index (χ3v) is 5.47. The number of alkyl halides is 3. The minimum absolute atomic E-state index is 0.143. The van der Waals surface area contributed by atoms with Gasteiger partial charge in [-0.15, -0.1) is 0 Å². The van der Waals surface area contributed by atoms with Gasteiger partial charge >= 0.3 is 6.18 Å². The third-order valence-electron chi connectivity index (χ3n) is 4.90. The molecular weight excluding hydrogens is 480 g/mol. The predicted octanol–water partition coefficient (Wildman–Crippen LogP) is 1.99. The van der Waals surface area contributed by atoms with Crippen LogP contribution >= 0.6 is 0 Å². The van der Waals surface area contributed by atoms with Crippen molar-refractivity contribution in [3.8, 4) is 0 Å². The van der Waals surface area contributed by atoms with Crippen LogP contribution < -0.4 is 10.5 Å². The van der Waals surface area contributed by atoms with Crippen LogP contribution in [0.5, 0.6) is 0 Å². The summed E-state index contributed by atoms with van der Waals surface area (Å²) in [5.41, 5.74) is 5.46. The summed E-state index contributed by atoms with van der Waals surface area (Å²) in [4.78, 5) is 17.2. The maximum absolute atomic E-state index is 13.8. The van der Waals surface area contributed by atoms with Gasteiger partial charge in [-0.3, -0.25) is 9.52 Å². The van der Waals surface area contributed by atoms with E-state index in [0.29, 0.717) is 12.1 Å². The molecule has 1 aromatic heterocycles. The third kappa shape index (κ3) is 5.76. The number of carbonyl (C=O) groups excluding carboxylic acids is 1. The summed E-state index contributed by atoms with van der Waals surface area (Å²) in [6.07, 6.45) is -4.77. The Hall–Kier alpha value is -2.81. The monoisotopic (exact) mass is 499 g/mol. The zero-order valence-electron chi connectivity index (χ0n) is 17.1. The Morgan fingerprint density at radius 3 is 2.42 bits per heavy atom. The number of amides is 1. The molecule has 0 radical (unpaired) electrons. The molecule has 1 aliphatic rings. The molecule has 1 atom stereocenters. The van der Waals surface area contributed by atoms with Crippen molar-refractivity contribution < 1.29 is 39.6 Å². The van der Waals surface area contributed by atoms with Crippen LogP contribution in [0, 0.1) is 17.5 Å². The number of fused-ring (bicyclic) bond motifs is 1. The van der Waals surface area contributed by atoms with Crippen LogP contribution in [0.15, 0.2) is 12.1 Å². The lowest BCUT2D eigenvalue weighted by Gasteiger charge is -2.30. The lowest BCUT2D eigenvalue weighted by molar-refractivity contribution is -0.148. The minimum Gasteiger partial charge on any atom is -0.335 e. The highest BCUT2D eigenvalue weighted by Gasteiger charge is 2.41. The Morgan fingerprint density at radius 1 is 1.18 bits per heavy atom. The number of sulfonamides is 1. The molecule has 0 fully saturated rings. The number of nitrogens with zero attached hydrogens (tertiary/aromatic N) is 3. The molecule has 3 rings (SSSR count). The lowest BCUT2D eigenvalue weighted by atomic mass is 10.0. The van der Waals surface area contributed by atoms with Crippen LogP contribution in [-0.4, -0.2) is 47.6 Å². The van der Waals surface area contributed by atoms with E-state index in [1.165, 1.54) is 0 Å². The summed E-state index contributed by atoms with van der Waals surface area (Å²) in [6.45, 7) is -0.830. The molecule has 0 saturated carbocycles. The van der Waals surface area contributed by atoms with E-state index in [4.69, 9.17) is 5.73 Å². The Labute approximate surface area is 184 Å². The molecule has 182 valence electrons. The van der Waals surface area contributed by atoms with Gasteiger partial charge in [0.1, 0.15) is 5.82 Å². The molecule has 33 heavy (non-hydrogen) atoms. The molecule has 0 bridgehead atoms. The van der Waals surface area contributed by atoms with Crippen LogP contribution in [0.25, 0.3) is 0 Å². The second-order valence-corrected chi connectivity index (χ2v) is 9.34. The van der Waals surface area contributed by atoms with Crippen molar-refractivity contribution in [2.75, 3.05) is 17.5 Å². The average Bonchev–Trinajstić information content (AvgIpc) is 3.02. The van der Waals surface area contributed by atoms with Crippen molar-refractivity contribution in [2.45, 2.75) is 38.1 Å². The van der Waals surface area contributed by atoms with Gasteiger partial charge in [-0.2, -0.15) is 13.2 Å². The molecule has 0 unspecified atom stereocenters. The number of nitrogens with one attached hydrogen (secondary N) is 1. The number of aromatic nitrogens is 2. The van der Waals surface area contributed by atoms with E-state index in [1.807, 2.05) is 4.72 Å². The number of hydrogen-bond donors (Lipinski definition) is 2. The summed E-state index contributed by atoms with van der Waals surface area (Å²) >= 11 is 0. The SMILES string of the molecule is CS(=O)(=O)Nc1nc(C(F)(F)F)n2c1CN(C(=O)C[C@H](N)Cc1cc(F)c(F)cc1F)CC2. The first-order chi connectivity index (χ1) is 15.2. The number of rotatable bonds is 6. The fourth-order valence-electron chi connectivity index (χ4n) is 3.48. The molecule has 0 saturated heterocycles. The first-order valence-corrected chi connectivity index (χ1v) is 11.4. The van der Waals surface area contributed by atoms with Crippen LogP contribution in [0.2, 0.25) is 0 Å². The molecule has 8 nitrogen and oxygen atoms in total. The number of benzene rings is 1. The van der Waals surface area contributed by atoms with Gasteiger partial charge in [-0.1, -0.05) is 0 Å². The quantitative estimate of drug-likeness (QED) is 0.467. The number of hydrogen-bond acceptors (Lipinski definition) is 5. The standard InChI is InChI=1S/C18H19F6N5O3S/c1-33(31,32)27-16-14-8-28(2-3-29(14)17(26-16)18(22,23)24)15(30)6-10(25)4-9-5-12(20)13(21)7-11(9)19/h5,7,10,27H,2-4,6,8,25H2,1H3/t10-/m1/s1. The maximum atomic E-state index is 13.8. The number of halogens is 6. The Morgan fingerprint density at radius 2 is 1.82 bits per heavy atom. The average molecular weight is 499 g/mol. The Bertz CT molecular complexity index is 1180. The normalized spacial score (nSPS) is 15.3. The topological polar surface area (TPSA) is 110 Å². The molecule has 0 aliphatic carbocycles. The second kappa shape index (κ2) is 8.85. The highest BCUT2D eigenvalue weighted by molar-refractivity contribution is 7.92. The van der Waals surface area contributed by atoms with Gasteiger partial charge in [0.15, 0.2) is 17.5 Å². The van der Waals surface area contributed by atoms with E-state index in [0.717, 1.165) is 15.7 Å². The minimum atomic E-state index is -4.85. The van der Waals surface area contributed by atoms with Crippen LogP contribution in [0.3, 0.4) is 0 Å². The maximum Gasteiger partial charge on any atom is 0.449 e. The fraction of sp³-hybridized carbons (Fsp3) is 0.444. The molecule has 1 aromatic carbocycles. The summed E-state index contributed by atoms with van der Waals surface area (Å²) in [6, 6.07) is -0.00135. The number of carbonyl (C=O) groups is 1. The van der Waals surface area contributed by atoms with E-state index >= 15 is 0 Å². The molecule has 1 aliphatic heterocycles. The number of anilines is 1.